The number of anilines is 1. The summed E-state index contributed by atoms with van der Waals surface area (Å²) in [5, 5.41) is 0. The molecule has 82 valence electrons. The molecule has 4 nitrogen and oxygen atoms in total. The number of hydrogen-bond donors (Lipinski definition) is 1. The maximum atomic E-state index is 13.2. The molecule has 0 amide bonds. The molecule has 1 aromatic heterocycles. The van der Waals surface area contributed by atoms with Crippen LogP contribution in [0.25, 0.3) is 0 Å². The van der Waals surface area contributed by atoms with Crippen molar-refractivity contribution in [1.82, 2.24) is 9.97 Å². The molecule has 0 aliphatic rings. The van der Waals surface area contributed by atoms with Gasteiger partial charge in [-0.3, -0.25) is 0 Å². The standard InChI is InChI=1S/C10H7F2N3O/c11-6-1-2-7(12)8(3-6)16-10-5-14-9(13)4-15-10/h1-5H,(H2,13,14). The lowest BCUT2D eigenvalue weighted by Gasteiger charge is -2.05. The number of nitrogens with zero attached hydrogens (tertiary/aromatic N) is 2. The first-order valence-electron chi connectivity index (χ1n) is 4.35. The third-order valence-electron chi connectivity index (χ3n) is 1.76. The number of benzene rings is 1. The molecule has 0 atom stereocenters. The molecule has 6 heteroatoms. The highest BCUT2D eigenvalue weighted by molar-refractivity contribution is 5.30. The summed E-state index contributed by atoms with van der Waals surface area (Å²) in [5.74, 6) is -1.27. The molecule has 0 radical (unpaired) electrons. The lowest BCUT2D eigenvalue weighted by atomic mass is 10.3. The van der Waals surface area contributed by atoms with Crippen LogP contribution < -0.4 is 10.5 Å². The van der Waals surface area contributed by atoms with Crippen LogP contribution in [0.5, 0.6) is 11.6 Å². The van der Waals surface area contributed by atoms with E-state index in [1.54, 1.807) is 0 Å². The summed E-state index contributed by atoms with van der Waals surface area (Å²) in [6.07, 6.45) is 2.48. The fraction of sp³-hybridized carbons (Fsp3) is 0. The summed E-state index contributed by atoms with van der Waals surface area (Å²) in [5.41, 5.74) is 5.31. The van der Waals surface area contributed by atoms with Crippen molar-refractivity contribution in [3.8, 4) is 11.6 Å². The van der Waals surface area contributed by atoms with Gasteiger partial charge in [0.1, 0.15) is 11.6 Å². The minimum atomic E-state index is -0.681. The predicted molar refractivity (Wildman–Crippen MR) is 52.9 cm³/mol. The highest BCUT2D eigenvalue weighted by Gasteiger charge is 2.07. The molecule has 2 rings (SSSR count). The molecule has 2 aromatic rings. The molecule has 0 saturated heterocycles. The first-order chi connectivity index (χ1) is 7.65. The monoisotopic (exact) mass is 223 g/mol. The number of nitrogen functional groups attached to an aromatic ring is 1. The van der Waals surface area contributed by atoms with Crippen LogP contribution in [0.15, 0.2) is 30.6 Å². The maximum Gasteiger partial charge on any atom is 0.238 e. The van der Waals surface area contributed by atoms with Crippen LogP contribution in [0.3, 0.4) is 0 Å². The van der Waals surface area contributed by atoms with Crippen LogP contribution in [0.4, 0.5) is 14.6 Å². The second-order valence-electron chi connectivity index (χ2n) is 2.96. The second kappa shape index (κ2) is 4.09. The topological polar surface area (TPSA) is 61.0 Å². The van der Waals surface area contributed by atoms with E-state index < -0.39 is 11.6 Å². The Morgan fingerprint density at radius 3 is 2.62 bits per heavy atom. The summed E-state index contributed by atoms with van der Waals surface area (Å²) in [7, 11) is 0. The molecule has 1 heterocycles. The van der Waals surface area contributed by atoms with Crippen LogP contribution >= 0.6 is 0 Å². The number of rotatable bonds is 2. The lowest BCUT2D eigenvalue weighted by Crippen LogP contribution is -1.95. The van der Waals surface area contributed by atoms with E-state index in [1.807, 2.05) is 0 Å². The van der Waals surface area contributed by atoms with Gasteiger partial charge in [0.15, 0.2) is 11.6 Å². The molecule has 1 aromatic carbocycles. The number of nitrogens with two attached hydrogens (primary N) is 1. The van der Waals surface area contributed by atoms with E-state index in [9.17, 15) is 8.78 Å². The van der Waals surface area contributed by atoms with E-state index >= 15 is 0 Å². The Bertz CT molecular complexity index is 502. The summed E-state index contributed by atoms with van der Waals surface area (Å²) in [4.78, 5) is 7.45. The van der Waals surface area contributed by atoms with Crippen LogP contribution in [-0.4, -0.2) is 9.97 Å². The van der Waals surface area contributed by atoms with Gasteiger partial charge in [-0.1, -0.05) is 0 Å². The molecule has 2 N–H and O–H groups in total. The predicted octanol–water partition coefficient (Wildman–Crippen LogP) is 2.13. The van der Waals surface area contributed by atoms with Gasteiger partial charge in [0.2, 0.25) is 5.88 Å². The highest BCUT2D eigenvalue weighted by atomic mass is 19.1. The summed E-state index contributed by atoms with van der Waals surface area (Å²) in [6, 6.07) is 2.89. The Kier molecular flexibility index (Phi) is 2.63. The van der Waals surface area contributed by atoms with E-state index in [2.05, 4.69) is 9.97 Å². The van der Waals surface area contributed by atoms with E-state index in [4.69, 9.17) is 10.5 Å². The van der Waals surface area contributed by atoms with Crippen molar-refractivity contribution in [2.24, 2.45) is 0 Å². The van der Waals surface area contributed by atoms with Crippen LogP contribution in [0.1, 0.15) is 0 Å². The van der Waals surface area contributed by atoms with Gasteiger partial charge >= 0.3 is 0 Å². The first-order valence-corrected chi connectivity index (χ1v) is 4.35. The molecule has 0 saturated carbocycles. The van der Waals surface area contributed by atoms with E-state index in [0.29, 0.717) is 0 Å². The zero-order valence-corrected chi connectivity index (χ0v) is 8.02. The smallest absolute Gasteiger partial charge is 0.238 e. The van der Waals surface area contributed by atoms with Gasteiger partial charge in [0.05, 0.1) is 12.4 Å². The van der Waals surface area contributed by atoms with Crippen molar-refractivity contribution in [3.63, 3.8) is 0 Å². The molecule has 0 fully saturated rings. The molecule has 0 spiro atoms. The van der Waals surface area contributed by atoms with Crippen molar-refractivity contribution >= 4 is 5.82 Å². The normalized spacial score (nSPS) is 10.1. The number of aromatic nitrogens is 2. The molecule has 0 unspecified atom stereocenters. The second-order valence-corrected chi connectivity index (χ2v) is 2.96. The molecule has 0 aliphatic carbocycles. The number of hydrogen-bond acceptors (Lipinski definition) is 4. The SMILES string of the molecule is Nc1cnc(Oc2cc(F)ccc2F)cn1. The van der Waals surface area contributed by atoms with E-state index in [0.717, 1.165) is 18.2 Å². The van der Waals surface area contributed by atoms with Gasteiger partial charge in [-0.05, 0) is 12.1 Å². The summed E-state index contributed by atoms with van der Waals surface area (Å²) in [6.45, 7) is 0. The Morgan fingerprint density at radius 2 is 1.94 bits per heavy atom. The fourth-order valence-electron chi connectivity index (χ4n) is 1.05. The third kappa shape index (κ3) is 2.22. The van der Waals surface area contributed by atoms with Crippen LogP contribution in [0, 0.1) is 11.6 Å². The van der Waals surface area contributed by atoms with Crippen LogP contribution in [0.2, 0.25) is 0 Å². The highest BCUT2D eigenvalue weighted by Crippen LogP contribution is 2.23. The van der Waals surface area contributed by atoms with Gasteiger partial charge in [0, 0.05) is 6.07 Å². The van der Waals surface area contributed by atoms with E-state index in [-0.39, 0.29) is 17.4 Å². The number of halogens is 2. The van der Waals surface area contributed by atoms with Gasteiger partial charge in [-0.25, -0.2) is 18.7 Å². The fourth-order valence-corrected chi connectivity index (χ4v) is 1.05. The Labute approximate surface area is 89.7 Å². The molecular weight excluding hydrogens is 216 g/mol. The first kappa shape index (κ1) is 10.3. The zero-order valence-electron chi connectivity index (χ0n) is 8.02. The van der Waals surface area contributed by atoms with Gasteiger partial charge in [-0.15, -0.1) is 0 Å². The van der Waals surface area contributed by atoms with Gasteiger partial charge in [0.25, 0.3) is 0 Å². The van der Waals surface area contributed by atoms with Crippen molar-refractivity contribution in [2.45, 2.75) is 0 Å². The lowest BCUT2D eigenvalue weighted by molar-refractivity contribution is 0.421. The molecular formula is C10H7F2N3O. The largest absolute Gasteiger partial charge is 0.434 e. The van der Waals surface area contributed by atoms with E-state index in [1.165, 1.54) is 12.4 Å². The third-order valence-corrected chi connectivity index (χ3v) is 1.76. The quantitative estimate of drug-likeness (QED) is 0.847. The van der Waals surface area contributed by atoms with Gasteiger partial charge in [-0.2, -0.15) is 0 Å². The molecule has 16 heavy (non-hydrogen) atoms. The van der Waals surface area contributed by atoms with Crippen molar-refractivity contribution in [3.05, 3.63) is 42.2 Å². The Balaban J connectivity index is 2.26. The zero-order chi connectivity index (χ0) is 11.5. The minimum absolute atomic E-state index is 0.0405. The summed E-state index contributed by atoms with van der Waals surface area (Å²) < 4.78 is 31.0. The maximum absolute atomic E-state index is 13.2. The molecule has 0 aliphatic heterocycles. The van der Waals surface area contributed by atoms with Crippen molar-refractivity contribution in [1.29, 1.82) is 0 Å². The minimum Gasteiger partial charge on any atom is -0.434 e. The van der Waals surface area contributed by atoms with Gasteiger partial charge < -0.3 is 10.5 Å². The molecule has 0 bridgehead atoms. The average molecular weight is 223 g/mol. The summed E-state index contributed by atoms with van der Waals surface area (Å²) >= 11 is 0. The Morgan fingerprint density at radius 1 is 1.12 bits per heavy atom. The Hall–Kier alpha value is -2.24. The number of ether oxygens (including phenoxy) is 1. The van der Waals surface area contributed by atoms with Crippen molar-refractivity contribution in [2.75, 3.05) is 5.73 Å². The average Bonchev–Trinajstić information content (AvgIpc) is 2.27. The van der Waals surface area contributed by atoms with Crippen LogP contribution in [-0.2, 0) is 0 Å². The van der Waals surface area contributed by atoms with Crippen molar-refractivity contribution < 1.29 is 13.5 Å².